The molecular weight excluding hydrogens is 90.1 g/mol. The average Bonchev–Trinajstić information content (AvgIpc) is 1.69. The second kappa shape index (κ2) is 2.28. The van der Waals surface area contributed by atoms with Gasteiger partial charge in [0.05, 0.1) is 13.2 Å². The minimum atomic E-state index is 0.282. The highest BCUT2D eigenvalue weighted by molar-refractivity contribution is 4.69. The van der Waals surface area contributed by atoms with Crippen molar-refractivity contribution in [1.29, 1.82) is 0 Å². The van der Waals surface area contributed by atoms with Crippen LogP contribution in [0.25, 0.3) is 0 Å². The third-order valence-corrected chi connectivity index (χ3v) is 1.08. The van der Waals surface area contributed by atoms with Crippen LogP contribution >= 0.6 is 0 Å². The lowest BCUT2D eigenvalue weighted by atomic mass is 10.1. The topological polar surface area (TPSA) is 35.2 Å². The Labute approximate surface area is 43.6 Å². The van der Waals surface area contributed by atoms with Crippen molar-refractivity contribution in [3.8, 4) is 0 Å². The van der Waals surface area contributed by atoms with E-state index in [4.69, 9.17) is 10.5 Å². The minimum Gasteiger partial charge on any atom is -0.374 e. The van der Waals surface area contributed by atoms with Crippen LogP contribution in [-0.2, 0) is 4.74 Å². The van der Waals surface area contributed by atoms with E-state index >= 15 is 0 Å². The Bertz CT molecular complexity index is 50.0. The number of hydrogen-bond donors (Lipinski definition) is 1. The number of hydrogen-bond acceptors (Lipinski definition) is 2. The lowest BCUT2D eigenvalue weighted by Gasteiger charge is -2.16. The molecule has 2 heteroatoms. The summed E-state index contributed by atoms with van der Waals surface area (Å²) in [5, 5.41) is 0. The monoisotopic (exact) mass is 100 g/mol. The molecule has 7 heavy (non-hydrogen) atoms. The molecule has 2 N–H and O–H groups in total. The molecule has 2 nitrogen and oxygen atoms in total. The van der Waals surface area contributed by atoms with E-state index in [-0.39, 0.29) is 6.04 Å². The van der Waals surface area contributed by atoms with Gasteiger partial charge in [-0.15, -0.1) is 0 Å². The van der Waals surface area contributed by atoms with E-state index in [1.807, 2.05) is 6.61 Å². The summed E-state index contributed by atoms with van der Waals surface area (Å²) in [5.74, 6) is 0. The Balaban J connectivity index is 2.12. The first kappa shape index (κ1) is 5.06. The third kappa shape index (κ3) is 1.45. The van der Waals surface area contributed by atoms with E-state index in [0.717, 1.165) is 12.8 Å². The van der Waals surface area contributed by atoms with Crippen LogP contribution in [0.4, 0.5) is 0 Å². The lowest BCUT2D eigenvalue weighted by Crippen LogP contribution is -2.28. The van der Waals surface area contributed by atoms with Crippen molar-refractivity contribution in [2.45, 2.75) is 18.9 Å². The Morgan fingerprint density at radius 3 is 2.86 bits per heavy atom. The summed E-state index contributed by atoms with van der Waals surface area (Å²) < 4.78 is 4.93. The maximum atomic E-state index is 5.49. The van der Waals surface area contributed by atoms with Crippen LogP contribution in [0.5, 0.6) is 0 Å². The largest absolute Gasteiger partial charge is 0.374 e. The molecule has 1 fully saturated rings. The van der Waals surface area contributed by atoms with Crippen LogP contribution in [0.1, 0.15) is 12.8 Å². The lowest BCUT2D eigenvalue weighted by molar-refractivity contribution is 0.138. The molecule has 0 aromatic carbocycles. The molecule has 0 amide bonds. The molecule has 1 atom stereocenters. The third-order valence-electron chi connectivity index (χ3n) is 1.08. The van der Waals surface area contributed by atoms with Crippen molar-refractivity contribution in [3.05, 3.63) is 6.61 Å². The van der Waals surface area contributed by atoms with Gasteiger partial charge in [-0.25, -0.2) is 0 Å². The molecule has 1 rings (SSSR count). The Morgan fingerprint density at radius 1 is 1.71 bits per heavy atom. The van der Waals surface area contributed by atoms with E-state index in [9.17, 15) is 0 Å². The van der Waals surface area contributed by atoms with Crippen LogP contribution in [0.15, 0.2) is 0 Å². The summed E-state index contributed by atoms with van der Waals surface area (Å²) in [6, 6.07) is 0.282. The molecule has 1 aliphatic heterocycles. The van der Waals surface area contributed by atoms with Crippen molar-refractivity contribution in [1.82, 2.24) is 0 Å². The SMILES string of the molecule is NC1CC[CH]OC1. The van der Waals surface area contributed by atoms with E-state index < -0.39 is 0 Å². The van der Waals surface area contributed by atoms with Gasteiger partial charge in [0.2, 0.25) is 0 Å². The van der Waals surface area contributed by atoms with E-state index in [1.54, 1.807) is 0 Å². The van der Waals surface area contributed by atoms with Crippen LogP contribution in [0.3, 0.4) is 0 Å². The van der Waals surface area contributed by atoms with Crippen LogP contribution in [-0.4, -0.2) is 12.6 Å². The Kier molecular flexibility index (Phi) is 1.65. The highest BCUT2D eigenvalue weighted by Crippen LogP contribution is 2.05. The molecule has 0 bridgehead atoms. The highest BCUT2D eigenvalue weighted by Gasteiger charge is 2.07. The Morgan fingerprint density at radius 2 is 2.57 bits per heavy atom. The van der Waals surface area contributed by atoms with Gasteiger partial charge < -0.3 is 10.5 Å². The first-order valence-electron chi connectivity index (χ1n) is 2.58. The van der Waals surface area contributed by atoms with Crippen molar-refractivity contribution in [2.24, 2.45) is 5.73 Å². The van der Waals surface area contributed by atoms with Gasteiger partial charge in [-0.2, -0.15) is 0 Å². The minimum absolute atomic E-state index is 0.282. The summed E-state index contributed by atoms with van der Waals surface area (Å²) >= 11 is 0. The normalized spacial score (nSPS) is 33.0. The molecule has 1 heterocycles. The van der Waals surface area contributed by atoms with Crippen molar-refractivity contribution in [2.75, 3.05) is 6.61 Å². The number of nitrogens with two attached hydrogens (primary N) is 1. The van der Waals surface area contributed by atoms with Gasteiger partial charge in [0.15, 0.2) is 0 Å². The second-order valence-corrected chi connectivity index (χ2v) is 1.84. The fourth-order valence-electron chi connectivity index (χ4n) is 0.640. The molecule has 0 aliphatic carbocycles. The van der Waals surface area contributed by atoms with Gasteiger partial charge in [-0.1, -0.05) is 0 Å². The molecule has 0 saturated carbocycles. The zero-order valence-electron chi connectivity index (χ0n) is 4.26. The second-order valence-electron chi connectivity index (χ2n) is 1.84. The standard InChI is InChI=1S/C5H10NO/c6-5-2-1-3-7-4-5/h3,5H,1-2,4,6H2. The molecule has 0 spiro atoms. The molecule has 0 aromatic rings. The summed E-state index contributed by atoms with van der Waals surface area (Å²) in [4.78, 5) is 0. The maximum absolute atomic E-state index is 5.49. The molecule has 1 aliphatic rings. The first-order chi connectivity index (χ1) is 3.39. The quantitative estimate of drug-likeness (QED) is 0.474. The zero-order valence-corrected chi connectivity index (χ0v) is 4.26. The van der Waals surface area contributed by atoms with E-state index in [2.05, 4.69) is 0 Å². The van der Waals surface area contributed by atoms with E-state index in [0.29, 0.717) is 6.61 Å². The first-order valence-corrected chi connectivity index (χ1v) is 2.58. The van der Waals surface area contributed by atoms with Gasteiger partial charge in [0.1, 0.15) is 0 Å². The maximum Gasteiger partial charge on any atom is 0.0838 e. The van der Waals surface area contributed by atoms with Gasteiger partial charge >= 0.3 is 0 Å². The molecule has 0 aromatic heterocycles. The van der Waals surface area contributed by atoms with Crippen LogP contribution < -0.4 is 5.73 Å². The van der Waals surface area contributed by atoms with Gasteiger partial charge in [-0.3, -0.25) is 0 Å². The smallest absolute Gasteiger partial charge is 0.0838 e. The van der Waals surface area contributed by atoms with Crippen molar-refractivity contribution >= 4 is 0 Å². The summed E-state index contributed by atoms with van der Waals surface area (Å²) in [7, 11) is 0. The predicted octanol–water partition coefficient (Wildman–Crippen LogP) is 0.286. The number of ether oxygens (including phenoxy) is 1. The van der Waals surface area contributed by atoms with Crippen molar-refractivity contribution < 1.29 is 4.74 Å². The van der Waals surface area contributed by atoms with Crippen LogP contribution in [0, 0.1) is 6.61 Å². The Hall–Kier alpha value is -0.0800. The molecular formula is C5H10NO. The molecule has 1 unspecified atom stereocenters. The molecule has 41 valence electrons. The van der Waals surface area contributed by atoms with Gasteiger partial charge in [-0.05, 0) is 12.8 Å². The van der Waals surface area contributed by atoms with Crippen LogP contribution in [0.2, 0.25) is 0 Å². The zero-order chi connectivity index (χ0) is 5.11. The summed E-state index contributed by atoms with van der Waals surface area (Å²) in [5.41, 5.74) is 5.49. The van der Waals surface area contributed by atoms with Gasteiger partial charge in [0, 0.05) is 6.04 Å². The molecule has 1 radical (unpaired) electrons. The van der Waals surface area contributed by atoms with Crippen molar-refractivity contribution in [3.63, 3.8) is 0 Å². The molecule has 1 saturated heterocycles. The van der Waals surface area contributed by atoms with E-state index in [1.165, 1.54) is 0 Å². The average molecular weight is 100 g/mol. The predicted molar refractivity (Wildman–Crippen MR) is 27.5 cm³/mol. The fourth-order valence-corrected chi connectivity index (χ4v) is 0.640. The number of rotatable bonds is 0. The summed E-state index contributed by atoms with van der Waals surface area (Å²) in [6.07, 6.45) is 2.10. The summed E-state index contributed by atoms with van der Waals surface area (Å²) in [6.45, 7) is 2.53. The fraction of sp³-hybridized carbons (Fsp3) is 0.800. The highest BCUT2D eigenvalue weighted by atomic mass is 16.5. The van der Waals surface area contributed by atoms with Gasteiger partial charge in [0.25, 0.3) is 0 Å².